The number of quaternary nitrogens is 1. The second-order valence-corrected chi connectivity index (χ2v) is 21.3. The van der Waals surface area contributed by atoms with Gasteiger partial charge in [-0.2, -0.15) is 0 Å². The van der Waals surface area contributed by atoms with Crippen LogP contribution in [-0.4, -0.2) is 68.5 Å². The first-order valence-electron chi connectivity index (χ1n) is 27.9. The van der Waals surface area contributed by atoms with Crippen LogP contribution in [0.25, 0.3) is 0 Å². The van der Waals surface area contributed by atoms with Crippen LogP contribution in [0.15, 0.2) is 85.1 Å². The number of hydrogen-bond acceptors (Lipinski definition) is 6. The first-order valence-corrected chi connectivity index (χ1v) is 29.4. The van der Waals surface area contributed by atoms with Crippen LogP contribution in [0.2, 0.25) is 0 Å². The average Bonchev–Trinajstić information content (AvgIpc) is 3.30. The summed E-state index contributed by atoms with van der Waals surface area (Å²) in [7, 11) is 1.18. The quantitative estimate of drug-likeness (QED) is 0.0272. The molecule has 1 amide bonds. The van der Waals surface area contributed by atoms with E-state index in [1.807, 2.05) is 33.3 Å². The largest absolute Gasteiger partial charge is 0.756 e. The molecule has 0 saturated carbocycles. The molecule has 0 fully saturated rings. The van der Waals surface area contributed by atoms with Gasteiger partial charge in [0.1, 0.15) is 13.2 Å². The molecule has 68 heavy (non-hydrogen) atoms. The molecule has 3 unspecified atom stereocenters. The van der Waals surface area contributed by atoms with Crippen LogP contribution >= 0.6 is 7.82 Å². The number of nitrogens with zero attached hydrogens (tertiary/aromatic N) is 1. The fourth-order valence-electron chi connectivity index (χ4n) is 7.77. The molecule has 0 radical (unpaired) electrons. The zero-order valence-electron chi connectivity index (χ0n) is 44.8. The van der Waals surface area contributed by atoms with E-state index in [9.17, 15) is 19.4 Å². The van der Waals surface area contributed by atoms with Crippen molar-refractivity contribution < 1.29 is 32.9 Å². The summed E-state index contributed by atoms with van der Waals surface area (Å²) in [5.74, 6) is -0.335. The Labute approximate surface area is 420 Å². The molecule has 0 saturated heterocycles. The lowest BCUT2D eigenvalue weighted by atomic mass is 10.0. The number of aliphatic hydroxyl groups excluding tert-OH is 1. The van der Waals surface area contributed by atoms with Gasteiger partial charge in [0.25, 0.3) is 7.82 Å². The molecule has 0 aliphatic heterocycles. The molecule has 9 heteroatoms. The molecule has 0 aliphatic rings. The lowest BCUT2D eigenvalue weighted by molar-refractivity contribution is -0.870. The summed E-state index contributed by atoms with van der Waals surface area (Å²) in [6, 6.07) is -0.963. The second-order valence-electron chi connectivity index (χ2n) is 19.9. The van der Waals surface area contributed by atoms with Crippen molar-refractivity contribution >= 4 is 13.7 Å². The Morgan fingerprint density at radius 2 is 0.912 bits per heavy atom. The number of aliphatic hydroxyl groups is 1. The Hall–Kier alpha value is -2.32. The lowest BCUT2D eigenvalue weighted by Gasteiger charge is -2.29. The highest BCUT2D eigenvalue weighted by Crippen LogP contribution is 2.38. The van der Waals surface area contributed by atoms with E-state index in [-0.39, 0.29) is 18.9 Å². The monoisotopic (exact) mass is 971 g/mol. The molecule has 8 nitrogen and oxygen atoms in total. The Morgan fingerprint density at radius 1 is 0.529 bits per heavy atom. The number of carbonyl (C=O) groups excluding carboxylic acids is 1. The number of carbonyl (C=O) groups is 1. The highest BCUT2D eigenvalue weighted by molar-refractivity contribution is 7.45. The number of allylic oxidation sites excluding steroid dienone is 12. The zero-order chi connectivity index (χ0) is 49.9. The maximum atomic E-state index is 12.8. The number of phosphoric ester groups is 1. The minimum Gasteiger partial charge on any atom is -0.756 e. The molecular weight excluding hydrogens is 864 g/mol. The molecule has 394 valence electrons. The Kier molecular flexibility index (Phi) is 48.0. The minimum atomic E-state index is -4.63. The molecule has 0 aromatic carbocycles. The van der Waals surface area contributed by atoms with Crippen molar-refractivity contribution in [1.82, 2.24) is 5.32 Å². The van der Waals surface area contributed by atoms with Crippen LogP contribution in [0.3, 0.4) is 0 Å². The van der Waals surface area contributed by atoms with Crippen molar-refractivity contribution in [3.8, 4) is 0 Å². The van der Waals surface area contributed by atoms with Crippen LogP contribution in [-0.2, 0) is 18.4 Å². The summed E-state index contributed by atoms with van der Waals surface area (Å²) >= 11 is 0. The molecule has 0 rings (SSSR count). The number of unbranched alkanes of at least 4 members (excludes halogenated alkanes) is 26. The van der Waals surface area contributed by atoms with E-state index in [0.717, 1.165) is 44.9 Å². The van der Waals surface area contributed by atoms with Crippen LogP contribution in [0.1, 0.15) is 232 Å². The molecule has 0 aromatic heterocycles. The summed E-state index contributed by atoms with van der Waals surface area (Å²) < 4.78 is 23.2. The number of phosphoric acid groups is 1. The Bertz CT molecular complexity index is 1380. The number of amides is 1. The molecule has 3 atom stereocenters. The summed E-state index contributed by atoms with van der Waals surface area (Å²) in [6.07, 6.45) is 70.1. The lowest BCUT2D eigenvalue weighted by Crippen LogP contribution is -2.45. The molecule has 0 heterocycles. The van der Waals surface area contributed by atoms with E-state index in [1.165, 1.54) is 161 Å². The number of hydrogen-bond donors (Lipinski definition) is 2. The van der Waals surface area contributed by atoms with Crippen LogP contribution in [0.4, 0.5) is 0 Å². The first-order chi connectivity index (χ1) is 33.0. The van der Waals surface area contributed by atoms with Crippen molar-refractivity contribution in [1.29, 1.82) is 0 Å². The fourth-order valence-corrected chi connectivity index (χ4v) is 8.49. The van der Waals surface area contributed by atoms with E-state index in [0.29, 0.717) is 17.4 Å². The summed E-state index contributed by atoms with van der Waals surface area (Å²) in [5, 5.41) is 13.7. The third-order valence-corrected chi connectivity index (χ3v) is 13.1. The van der Waals surface area contributed by atoms with E-state index >= 15 is 0 Å². The van der Waals surface area contributed by atoms with Gasteiger partial charge in [-0.1, -0.05) is 253 Å². The normalized spacial score (nSPS) is 14.6. The molecule has 2 N–H and O–H groups in total. The summed E-state index contributed by atoms with van der Waals surface area (Å²) in [4.78, 5) is 25.3. The highest BCUT2D eigenvalue weighted by Gasteiger charge is 2.23. The molecular formula is C59H107N2O6P. The van der Waals surface area contributed by atoms with Crippen molar-refractivity contribution in [2.75, 3.05) is 40.9 Å². The topological polar surface area (TPSA) is 108 Å². The number of rotatable bonds is 50. The van der Waals surface area contributed by atoms with Gasteiger partial charge < -0.3 is 28.8 Å². The van der Waals surface area contributed by atoms with Crippen LogP contribution in [0, 0.1) is 0 Å². The van der Waals surface area contributed by atoms with Gasteiger partial charge in [-0.3, -0.25) is 9.36 Å². The molecule has 0 spiro atoms. The van der Waals surface area contributed by atoms with Crippen molar-refractivity contribution in [3.05, 3.63) is 85.1 Å². The van der Waals surface area contributed by atoms with Gasteiger partial charge in [-0.15, -0.1) is 0 Å². The molecule has 0 aromatic rings. The fraction of sp³-hybridized carbons (Fsp3) is 0.746. The van der Waals surface area contributed by atoms with Gasteiger partial charge in [0.2, 0.25) is 5.91 Å². The minimum absolute atomic E-state index is 0.0268. The third kappa shape index (κ3) is 51.5. The van der Waals surface area contributed by atoms with Gasteiger partial charge in [0.05, 0.1) is 39.9 Å². The number of nitrogens with one attached hydrogen (secondary N) is 1. The van der Waals surface area contributed by atoms with E-state index in [1.54, 1.807) is 12.2 Å². The maximum Gasteiger partial charge on any atom is 0.268 e. The van der Waals surface area contributed by atoms with Crippen LogP contribution in [0.5, 0.6) is 0 Å². The van der Waals surface area contributed by atoms with Gasteiger partial charge in [0, 0.05) is 6.42 Å². The number of likely N-dealkylation sites (N-methyl/N-ethyl adjacent to an activating group) is 1. The average molecular weight is 971 g/mol. The Balaban J connectivity index is 4.24. The van der Waals surface area contributed by atoms with Gasteiger partial charge in [-0.25, -0.2) is 0 Å². The standard InChI is InChI=1S/C59H107N2O6P/c1-6-8-10-12-14-16-18-20-22-23-24-25-26-27-28-29-30-31-32-33-34-35-36-37-39-40-42-44-46-48-50-52-58(62)57(56-67-68(64,65)66-55-54-61(3,4)5)60-59(63)53-51-49-47-45-43-41-38-21-19-17-15-13-11-9-7-2/h9,11,15,17,21,38,42-45,49-52,57-58,62H,6-8,10,12-14,16,18-20,22-37,39-41,46-48,53-56H2,1-5H3,(H-,60,63,64,65)/b11-9-,17-15-,38-21-,44-42+,45-43-,51-49-,52-50+. The van der Waals surface area contributed by atoms with Crippen molar-refractivity contribution in [2.45, 2.75) is 244 Å². The maximum absolute atomic E-state index is 12.8. The first kappa shape index (κ1) is 65.7. The predicted molar refractivity (Wildman–Crippen MR) is 293 cm³/mol. The highest BCUT2D eigenvalue weighted by atomic mass is 31.2. The Morgan fingerprint density at radius 3 is 1.34 bits per heavy atom. The van der Waals surface area contributed by atoms with Crippen LogP contribution < -0.4 is 10.2 Å². The van der Waals surface area contributed by atoms with Gasteiger partial charge in [0.15, 0.2) is 0 Å². The third-order valence-electron chi connectivity index (χ3n) is 12.1. The summed E-state index contributed by atoms with van der Waals surface area (Å²) in [5.41, 5.74) is 0. The summed E-state index contributed by atoms with van der Waals surface area (Å²) in [6.45, 7) is 4.44. The zero-order valence-corrected chi connectivity index (χ0v) is 45.7. The van der Waals surface area contributed by atoms with Gasteiger partial charge in [-0.05, 0) is 57.8 Å². The van der Waals surface area contributed by atoms with Crippen molar-refractivity contribution in [3.63, 3.8) is 0 Å². The van der Waals surface area contributed by atoms with E-state index < -0.39 is 26.6 Å². The van der Waals surface area contributed by atoms with E-state index in [2.05, 4.69) is 79.9 Å². The van der Waals surface area contributed by atoms with E-state index in [4.69, 9.17) is 9.05 Å². The molecule has 0 bridgehead atoms. The predicted octanol–water partition coefficient (Wildman–Crippen LogP) is 16.2. The smallest absolute Gasteiger partial charge is 0.268 e. The molecule has 0 aliphatic carbocycles. The second kappa shape index (κ2) is 49.7. The van der Waals surface area contributed by atoms with Crippen molar-refractivity contribution in [2.24, 2.45) is 0 Å². The van der Waals surface area contributed by atoms with Gasteiger partial charge >= 0.3 is 0 Å². The SMILES string of the molecule is CC/C=C\C/C=C\C/C=C\C/C=C\C/C=C\CC(=O)NC(COP(=O)([O-])OCC[N+](C)(C)C)C(O)/C=C/CC/C=C/CCCCCCCCCCCCCCCCCCCCCCCCCCC.